The van der Waals surface area contributed by atoms with Gasteiger partial charge in [-0.15, -0.1) is 0 Å². The molecule has 5 heterocycles. The van der Waals surface area contributed by atoms with Gasteiger partial charge in [0.1, 0.15) is 30.2 Å². The molecule has 11 nitrogen and oxygen atoms in total. The Morgan fingerprint density at radius 3 is 2.59 bits per heavy atom. The van der Waals surface area contributed by atoms with Gasteiger partial charge in [-0.1, -0.05) is 19.6 Å². The second-order valence-corrected chi connectivity index (χ2v) is 20.3. The number of aromatic nitrogens is 6. The molecule has 2 fully saturated rings. The van der Waals surface area contributed by atoms with Gasteiger partial charge < -0.3 is 24.2 Å². The Kier molecular flexibility index (Phi) is 9.87. The number of aliphatic hydroxyl groups excluding tert-OH is 1. The number of fused-ring (bicyclic) bond motifs is 1. The zero-order valence-corrected chi connectivity index (χ0v) is 29.5. The molecule has 1 aliphatic carbocycles. The molecule has 0 bridgehead atoms. The molecule has 2 aliphatic rings. The van der Waals surface area contributed by atoms with Crippen LogP contribution in [0.15, 0.2) is 43.1 Å². The zero-order chi connectivity index (χ0) is 35.0. The van der Waals surface area contributed by atoms with Crippen molar-refractivity contribution in [3.05, 3.63) is 54.4 Å². The highest BCUT2D eigenvalue weighted by Crippen LogP contribution is 2.46. The Morgan fingerprint density at radius 2 is 1.92 bits per heavy atom. The second-order valence-electron chi connectivity index (χ2n) is 14.6. The Morgan fingerprint density at radius 1 is 1.16 bits per heavy atom. The van der Waals surface area contributed by atoms with Gasteiger partial charge in [0.05, 0.1) is 36.5 Å². The highest BCUT2D eigenvalue weighted by molar-refractivity contribution is 6.76. The fourth-order valence-electron chi connectivity index (χ4n) is 7.03. The molecule has 0 atom stereocenters. The fraction of sp³-hybridized carbons (Fsp3) is 0.559. The van der Waals surface area contributed by atoms with E-state index in [1.54, 1.807) is 24.5 Å². The van der Waals surface area contributed by atoms with E-state index in [2.05, 4.69) is 45.6 Å². The van der Waals surface area contributed by atoms with Crippen molar-refractivity contribution in [1.82, 2.24) is 34.2 Å². The maximum absolute atomic E-state index is 13.4. The molecule has 4 aromatic heterocycles. The molecule has 49 heavy (non-hydrogen) atoms. The predicted octanol–water partition coefficient (Wildman–Crippen LogP) is 5.89. The van der Waals surface area contributed by atoms with Gasteiger partial charge in [-0.3, -0.25) is 4.68 Å². The van der Waals surface area contributed by atoms with E-state index >= 15 is 0 Å². The monoisotopic (exact) mass is 695 g/mol. The van der Waals surface area contributed by atoms with Crippen molar-refractivity contribution >= 4 is 24.9 Å². The smallest absolute Gasteiger partial charge is 0.392 e. The minimum atomic E-state index is -4.59. The first-order chi connectivity index (χ1) is 23.3. The van der Waals surface area contributed by atoms with E-state index in [4.69, 9.17) is 9.84 Å². The van der Waals surface area contributed by atoms with Crippen molar-refractivity contribution in [2.45, 2.75) is 94.9 Å². The van der Waals surface area contributed by atoms with E-state index in [-0.39, 0.29) is 23.5 Å². The topological polar surface area (TPSA) is 121 Å². The number of ether oxygens (including phenoxy) is 1. The number of pyridine rings is 1. The number of alkyl halides is 3. The number of likely N-dealkylation sites (tertiary alicyclic amines) is 1. The molecule has 6 rings (SSSR count). The van der Waals surface area contributed by atoms with Crippen LogP contribution in [0.5, 0.6) is 0 Å². The molecule has 0 aromatic carbocycles. The lowest BCUT2D eigenvalue weighted by Gasteiger charge is -2.52. The lowest BCUT2D eigenvalue weighted by atomic mass is 9.69. The van der Waals surface area contributed by atoms with E-state index in [9.17, 15) is 23.5 Å². The van der Waals surface area contributed by atoms with Gasteiger partial charge in [-0.2, -0.15) is 23.5 Å². The number of aliphatic hydroxyl groups is 1. The van der Waals surface area contributed by atoms with Gasteiger partial charge in [-0.05, 0) is 55.5 Å². The summed E-state index contributed by atoms with van der Waals surface area (Å²) in [6.07, 6.45) is 6.17. The molecule has 1 saturated heterocycles. The number of halogens is 3. The molecule has 1 aliphatic heterocycles. The molecule has 0 radical (unpaired) electrons. The quantitative estimate of drug-likeness (QED) is 0.143. The molecule has 0 amide bonds. The van der Waals surface area contributed by atoms with Crippen molar-refractivity contribution in [3.8, 4) is 17.3 Å². The molecular weight excluding hydrogens is 652 g/mol. The summed E-state index contributed by atoms with van der Waals surface area (Å²) in [4.78, 5) is 17.2. The first-order valence-electron chi connectivity index (χ1n) is 16.8. The fourth-order valence-corrected chi connectivity index (χ4v) is 7.79. The lowest BCUT2D eigenvalue weighted by Crippen LogP contribution is -2.58. The summed E-state index contributed by atoms with van der Waals surface area (Å²) in [5.74, 6) is 0.215. The third-order valence-corrected chi connectivity index (χ3v) is 11.7. The summed E-state index contributed by atoms with van der Waals surface area (Å²) in [5, 5.41) is 25.0. The molecule has 1 saturated carbocycles. The van der Waals surface area contributed by atoms with Crippen molar-refractivity contribution in [2.24, 2.45) is 0 Å². The number of nitrogens with zero attached hydrogens (tertiary/aromatic N) is 9. The van der Waals surface area contributed by atoms with E-state index in [1.165, 1.54) is 6.07 Å². The summed E-state index contributed by atoms with van der Waals surface area (Å²) < 4.78 is 50.2. The lowest BCUT2D eigenvalue weighted by molar-refractivity contribution is -0.141. The summed E-state index contributed by atoms with van der Waals surface area (Å²) in [5.41, 5.74) is 1.22. The number of piperidine rings is 1. The first-order valence-corrected chi connectivity index (χ1v) is 20.5. The maximum Gasteiger partial charge on any atom is 0.433 e. The van der Waals surface area contributed by atoms with Crippen LogP contribution in [0.4, 0.5) is 19.0 Å². The van der Waals surface area contributed by atoms with Crippen molar-refractivity contribution < 1.29 is 23.0 Å². The minimum absolute atomic E-state index is 0.0210. The van der Waals surface area contributed by atoms with Crippen molar-refractivity contribution in [1.29, 1.82) is 5.26 Å². The minimum Gasteiger partial charge on any atom is -0.392 e. The number of hydrogen-bond donors (Lipinski definition) is 1. The maximum atomic E-state index is 13.4. The highest BCUT2D eigenvalue weighted by atomic mass is 28.3. The number of nitriles is 1. The molecule has 4 aromatic rings. The Balaban J connectivity index is 1.09. The summed E-state index contributed by atoms with van der Waals surface area (Å²) in [7, 11) is 0.591. The average molecular weight is 696 g/mol. The normalized spacial score (nSPS) is 20.8. The van der Waals surface area contributed by atoms with Gasteiger partial charge in [0.15, 0.2) is 0 Å². The number of hydrogen-bond acceptors (Lipinski definition) is 9. The highest BCUT2D eigenvalue weighted by Gasteiger charge is 2.49. The third kappa shape index (κ3) is 7.52. The van der Waals surface area contributed by atoms with Crippen molar-refractivity contribution in [2.75, 3.05) is 31.6 Å². The van der Waals surface area contributed by atoms with Gasteiger partial charge in [0.2, 0.25) is 0 Å². The van der Waals surface area contributed by atoms with Crippen LogP contribution >= 0.6 is 0 Å². The zero-order valence-electron chi connectivity index (χ0n) is 28.5. The van der Waals surface area contributed by atoms with Crippen LogP contribution < -0.4 is 4.90 Å². The largest absolute Gasteiger partial charge is 0.433 e. The van der Waals surface area contributed by atoms with Gasteiger partial charge in [-0.25, -0.2) is 15.0 Å². The summed E-state index contributed by atoms with van der Waals surface area (Å²) in [6, 6.07) is 8.20. The van der Waals surface area contributed by atoms with E-state index in [1.807, 2.05) is 27.7 Å². The van der Waals surface area contributed by atoms with Crippen LogP contribution in [-0.4, -0.2) is 86.2 Å². The standard InChI is InChI=1S/C34H44F3N9O2Si/c1-43(30-16-24(21-47)15-29(42-30)34(35,36)37)26-5-10-44(11-6-26)27-17-33(18-27,8-9-38)46-20-25(19-41-46)31-28-7-12-45(32(28)40-22-39-31)23-48-13-14-49(2,3)4/h7,12,15-16,19-20,22,26-27,47H,5-6,8,10-11,13-14,17-18,21,23H2,1-4H3/t27-,33+. The van der Waals surface area contributed by atoms with E-state index in [0.29, 0.717) is 13.2 Å². The molecule has 0 spiro atoms. The Labute approximate surface area is 285 Å². The number of anilines is 1. The second kappa shape index (κ2) is 13.8. The SMILES string of the molecule is CN(c1cc(CO)cc(C(F)(F)F)n1)C1CCN([C@H]2C[C@@](CC#N)(n3cc(-c4ncnc5c4ccn5COCC[Si](C)(C)C)cn3)C2)CC1. The van der Waals surface area contributed by atoms with Crippen molar-refractivity contribution in [3.63, 3.8) is 0 Å². The van der Waals surface area contributed by atoms with Gasteiger partial charge in [0.25, 0.3) is 0 Å². The Hall–Kier alpha value is -3.84. The predicted molar refractivity (Wildman–Crippen MR) is 182 cm³/mol. The van der Waals surface area contributed by atoms with Crippen LogP contribution in [0, 0.1) is 11.3 Å². The molecule has 15 heteroatoms. The third-order valence-electron chi connectivity index (χ3n) is 10.0. The molecule has 1 N–H and O–H groups in total. The first kappa shape index (κ1) is 35.0. The van der Waals surface area contributed by atoms with Crippen LogP contribution in [0.3, 0.4) is 0 Å². The molecule has 262 valence electrons. The van der Waals surface area contributed by atoms with E-state index < -0.39 is 32.1 Å². The van der Waals surface area contributed by atoms with Crippen LogP contribution in [0.25, 0.3) is 22.3 Å². The van der Waals surface area contributed by atoms with Crippen LogP contribution in [0.2, 0.25) is 25.7 Å². The Bertz CT molecular complexity index is 1800. The summed E-state index contributed by atoms with van der Waals surface area (Å²) in [6.45, 7) is 9.23. The van der Waals surface area contributed by atoms with Gasteiger partial charge >= 0.3 is 6.18 Å². The van der Waals surface area contributed by atoms with Gasteiger partial charge in [0, 0.05) is 70.2 Å². The molecular formula is C34H44F3N9O2Si. The van der Waals surface area contributed by atoms with Crippen LogP contribution in [0.1, 0.15) is 43.4 Å². The molecule has 0 unspecified atom stereocenters. The average Bonchev–Trinajstić information content (AvgIpc) is 3.71. The summed E-state index contributed by atoms with van der Waals surface area (Å²) >= 11 is 0. The van der Waals surface area contributed by atoms with Crippen LogP contribution in [-0.2, 0) is 29.8 Å². The van der Waals surface area contributed by atoms with E-state index in [0.717, 1.165) is 79.8 Å². The number of rotatable bonds is 12.